The predicted molar refractivity (Wildman–Crippen MR) is 79.0 cm³/mol. The summed E-state index contributed by atoms with van der Waals surface area (Å²) in [5.74, 6) is 0. The summed E-state index contributed by atoms with van der Waals surface area (Å²) < 4.78 is 3.16. The highest BCUT2D eigenvalue weighted by molar-refractivity contribution is 9.10. The van der Waals surface area contributed by atoms with Crippen LogP contribution in [0.4, 0.5) is 5.69 Å². The van der Waals surface area contributed by atoms with Gasteiger partial charge in [-0.25, -0.2) is 4.98 Å². The Morgan fingerprint density at radius 1 is 1.50 bits per heavy atom. The Balaban J connectivity index is 2.06. The van der Waals surface area contributed by atoms with Gasteiger partial charge in [0.2, 0.25) is 0 Å². The van der Waals surface area contributed by atoms with Gasteiger partial charge >= 0.3 is 0 Å². The van der Waals surface area contributed by atoms with E-state index < -0.39 is 0 Å². The highest BCUT2D eigenvalue weighted by Crippen LogP contribution is 2.23. The van der Waals surface area contributed by atoms with E-state index in [0.717, 1.165) is 29.7 Å². The van der Waals surface area contributed by atoms with Gasteiger partial charge in [-0.1, -0.05) is 18.5 Å². The topological polar surface area (TPSA) is 29.9 Å². The molecule has 0 bridgehead atoms. The van der Waals surface area contributed by atoms with Crippen LogP contribution in [0.3, 0.4) is 0 Å². The predicted octanol–water partition coefficient (Wildman–Crippen LogP) is 4.32. The lowest BCUT2D eigenvalue weighted by Gasteiger charge is -2.11. The van der Waals surface area contributed by atoms with Crippen LogP contribution in [0.15, 0.2) is 35.1 Å². The van der Waals surface area contributed by atoms with E-state index in [1.165, 1.54) is 5.69 Å². The van der Waals surface area contributed by atoms with Crippen molar-refractivity contribution < 1.29 is 0 Å². The van der Waals surface area contributed by atoms with Crippen LogP contribution in [0, 0.1) is 0 Å². The standard InChI is InChI=1S/C13H15BrClN3/c1-2-5-18-6-3-4-11(18)9-16-12-7-10(14)8-17-13(12)15/h3-4,6-8,16H,2,5,9H2,1H3. The maximum absolute atomic E-state index is 6.04. The van der Waals surface area contributed by atoms with E-state index in [4.69, 9.17) is 11.6 Å². The largest absolute Gasteiger partial charge is 0.377 e. The molecule has 0 atom stereocenters. The average Bonchev–Trinajstić information content (AvgIpc) is 2.78. The highest BCUT2D eigenvalue weighted by Gasteiger charge is 2.04. The molecule has 1 N–H and O–H groups in total. The molecule has 0 saturated carbocycles. The minimum Gasteiger partial charge on any atom is -0.377 e. The van der Waals surface area contributed by atoms with Crippen molar-refractivity contribution in [2.24, 2.45) is 0 Å². The van der Waals surface area contributed by atoms with Gasteiger partial charge in [0, 0.05) is 29.1 Å². The molecule has 5 heteroatoms. The van der Waals surface area contributed by atoms with Crippen LogP contribution < -0.4 is 5.32 Å². The summed E-state index contributed by atoms with van der Waals surface area (Å²) in [5.41, 5.74) is 2.09. The Bertz CT molecular complexity index is 525. The second-order valence-corrected chi connectivity index (χ2v) is 5.31. The van der Waals surface area contributed by atoms with Gasteiger partial charge in [0.05, 0.1) is 12.2 Å². The number of rotatable bonds is 5. The summed E-state index contributed by atoms with van der Waals surface area (Å²) in [5, 5.41) is 3.80. The second-order valence-electron chi connectivity index (χ2n) is 4.04. The van der Waals surface area contributed by atoms with Crippen molar-refractivity contribution in [2.75, 3.05) is 5.32 Å². The number of nitrogens with one attached hydrogen (secondary N) is 1. The summed E-state index contributed by atoms with van der Waals surface area (Å²) in [4.78, 5) is 4.09. The van der Waals surface area contributed by atoms with Gasteiger partial charge in [0.1, 0.15) is 0 Å². The minimum atomic E-state index is 0.492. The first-order valence-corrected chi connectivity index (χ1v) is 7.06. The van der Waals surface area contributed by atoms with Crippen molar-refractivity contribution in [2.45, 2.75) is 26.4 Å². The normalized spacial score (nSPS) is 10.6. The summed E-state index contributed by atoms with van der Waals surface area (Å²) in [6, 6.07) is 6.11. The molecule has 2 aromatic heterocycles. The van der Waals surface area contributed by atoms with E-state index >= 15 is 0 Å². The summed E-state index contributed by atoms with van der Waals surface area (Å²) in [6.07, 6.45) is 4.91. The maximum Gasteiger partial charge on any atom is 0.152 e. The molecule has 0 aliphatic rings. The number of aromatic nitrogens is 2. The van der Waals surface area contributed by atoms with E-state index in [2.05, 4.69) is 56.1 Å². The quantitative estimate of drug-likeness (QED) is 0.828. The molecule has 0 amide bonds. The van der Waals surface area contributed by atoms with E-state index in [1.54, 1.807) is 6.20 Å². The molecule has 0 saturated heterocycles. The lowest BCUT2D eigenvalue weighted by atomic mass is 10.3. The zero-order valence-electron chi connectivity index (χ0n) is 10.2. The van der Waals surface area contributed by atoms with Crippen LogP contribution in [0.1, 0.15) is 19.0 Å². The second kappa shape index (κ2) is 6.25. The van der Waals surface area contributed by atoms with Crippen molar-refractivity contribution in [1.29, 1.82) is 0 Å². The van der Waals surface area contributed by atoms with Gasteiger partial charge in [-0.05, 0) is 40.5 Å². The lowest BCUT2D eigenvalue weighted by molar-refractivity contribution is 0.654. The fourth-order valence-electron chi connectivity index (χ4n) is 1.80. The fraction of sp³-hybridized carbons (Fsp3) is 0.308. The minimum absolute atomic E-state index is 0.492. The van der Waals surface area contributed by atoms with E-state index in [9.17, 15) is 0 Å². The van der Waals surface area contributed by atoms with Gasteiger partial charge < -0.3 is 9.88 Å². The van der Waals surface area contributed by atoms with Crippen LogP contribution in [-0.4, -0.2) is 9.55 Å². The number of hydrogen-bond donors (Lipinski definition) is 1. The molecule has 0 aromatic carbocycles. The number of aryl methyl sites for hydroxylation is 1. The number of halogens is 2. The Morgan fingerprint density at radius 2 is 2.33 bits per heavy atom. The van der Waals surface area contributed by atoms with Crippen LogP contribution in [-0.2, 0) is 13.1 Å². The first-order valence-electron chi connectivity index (χ1n) is 5.89. The molecule has 0 unspecified atom stereocenters. The van der Waals surface area contributed by atoms with Crippen LogP contribution in [0.5, 0.6) is 0 Å². The molecule has 0 aliphatic heterocycles. The molecular weight excluding hydrogens is 314 g/mol. The zero-order chi connectivity index (χ0) is 13.0. The van der Waals surface area contributed by atoms with Crippen LogP contribution >= 0.6 is 27.5 Å². The van der Waals surface area contributed by atoms with Crippen LogP contribution in [0.25, 0.3) is 0 Å². The Kier molecular flexibility index (Phi) is 4.66. The van der Waals surface area contributed by atoms with Crippen molar-refractivity contribution in [3.05, 3.63) is 45.9 Å². The highest BCUT2D eigenvalue weighted by atomic mass is 79.9. The van der Waals surface area contributed by atoms with Gasteiger partial charge in [-0.3, -0.25) is 0 Å². The Labute approximate surface area is 120 Å². The first-order chi connectivity index (χ1) is 8.70. The van der Waals surface area contributed by atoms with E-state index in [1.807, 2.05) is 6.07 Å². The van der Waals surface area contributed by atoms with Crippen molar-refractivity contribution in [1.82, 2.24) is 9.55 Å². The molecule has 0 aliphatic carbocycles. The summed E-state index contributed by atoms with van der Waals surface area (Å²) in [6.45, 7) is 3.95. The molecule has 2 heterocycles. The van der Waals surface area contributed by atoms with Crippen LogP contribution in [0.2, 0.25) is 5.15 Å². The molecule has 2 aromatic rings. The van der Waals surface area contributed by atoms with E-state index in [0.29, 0.717) is 5.15 Å². The number of nitrogens with zero attached hydrogens (tertiary/aromatic N) is 2. The average molecular weight is 329 g/mol. The number of pyridine rings is 1. The van der Waals surface area contributed by atoms with Gasteiger partial charge in [0.15, 0.2) is 5.15 Å². The Hall–Kier alpha value is -1.00. The monoisotopic (exact) mass is 327 g/mol. The lowest BCUT2D eigenvalue weighted by Crippen LogP contribution is -2.07. The molecular formula is C13H15BrClN3. The third-order valence-corrected chi connectivity index (χ3v) is 3.39. The Morgan fingerprint density at radius 3 is 3.11 bits per heavy atom. The van der Waals surface area contributed by atoms with E-state index in [-0.39, 0.29) is 0 Å². The zero-order valence-corrected chi connectivity index (χ0v) is 12.5. The van der Waals surface area contributed by atoms with Gasteiger partial charge in [0.25, 0.3) is 0 Å². The smallest absolute Gasteiger partial charge is 0.152 e. The fourth-order valence-corrected chi connectivity index (χ4v) is 2.30. The van der Waals surface area contributed by atoms with Crippen molar-refractivity contribution in [3.8, 4) is 0 Å². The maximum atomic E-state index is 6.04. The molecule has 2 rings (SSSR count). The third kappa shape index (κ3) is 3.27. The van der Waals surface area contributed by atoms with Crippen molar-refractivity contribution >= 4 is 33.2 Å². The molecule has 18 heavy (non-hydrogen) atoms. The molecule has 0 radical (unpaired) electrons. The van der Waals surface area contributed by atoms with Gasteiger partial charge in [-0.2, -0.15) is 0 Å². The molecule has 96 valence electrons. The molecule has 0 spiro atoms. The van der Waals surface area contributed by atoms with Crippen molar-refractivity contribution in [3.63, 3.8) is 0 Å². The first kappa shape index (κ1) is 13.4. The molecule has 3 nitrogen and oxygen atoms in total. The third-order valence-electron chi connectivity index (χ3n) is 2.65. The SMILES string of the molecule is CCCn1cccc1CNc1cc(Br)cnc1Cl. The van der Waals surface area contributed by atoms with Gasteiger partial charge in [-0.15, -0.1) is 0 Å². The number of hydrogen-bond acceptors (Lipinski definition) is 2. The summed E-state index contributed by atoms with van der Waals surface area (Å²) >= 11 is 9.42. The summed E-state index contributed by atoms with van der Waals surface area (Å²) in [7, 11) is 0. The molecule has 0 fully saturated rings. The number of anilines is 1.